The van der Waals surface area contributed by atoms with Crippen molar-refractivity contribution < 1.29 is 40.1 Å². The van der Waals surface area contributed by atoms with Crippen LogP contribution in [0.15, 0.2) is 17.8 Å². The Morgan fingerprint density at radius 3 is 2.57 bits per heavy atom. The number of ether oxygens (including phenoxy) is 1. The van der Waals surface area contributed by atoms with Crippen molar-refractivity contribution in [2.45, 2.75) is 38.0 Å². The van der Waals surface area contributed by atoms with E-state index < -0.39 is 17.9 Å². The van der Waals surface area contributed by atoms with Crippen molar-refractivity contribution in [2.75, 3.05) is 36.5 Å². The number of aliphatic hydroxyl groups excluding tert-OH is 1. The Kier molecular flexibility index (Phi) is 7.88. The van der Waals surface area contributed by atoms with Crippen molar-refractivity contribution in [3.8, 4) is 5.75 Å². The van der Waals surface area contributed by atoms with Gasteiger partial charge in [-0.1, -0.05) is 0 Å². The minimum absolute atomic E-state index is 0.106. The summed E-state index contributed by atoms with van der Waals surface area (Å²) in [5, 5.41) is 23.4. The number of benzene rings is 1. The molecule has 0 aromatic heterocycles. The number of piperazine rings is 1. The van der Waals surface area contributed by atoms with Gasteiger partial charge in [-0.15, -0.1) is 0 Å². The number of fused-ring (bicyclic) bond motifs is 1. The molecule has 1 aromatic rings. The Morgan fingerprint density at radius 1 is 1.37 bits per heavy atom. The molecule has 2 unspecified atom stereocenters. The number of anilines is 2. The molecule has 1 aliphatic carbocycles. The maximum atomic E-state index is 15.1. The molecule has 0 amide bonds. The number of methoxy groups -OCH3 is 1. The fraction of sp³-hybridized carbons (Fsp3) is 0.526. The average molecular weight is 555 g/mol. The number of aliphatic carboxylic acids is 1. The molecule has 2 aliphatic heterocycles. The molecule has 4 rings (SSSR count). The quantitative estimate of drug-likeness (QED) is 0.494. The average Bonchev–Trinajstić information content (AvgIpc) is 3.53. The van der Waals surface area contributed by atoms with Crippen LogP contribution in [0.3, 0.4) is 0 Å². The molecule has 0 radical (unpaired) electrons. The minimum atomic E-state index is -1.40. The van der Waals surface area contributed by atoms with E-state index in [0.29, 0.717) is 30.2 Å². The van der Waals surface area contributed by atoms with Crippen molar-refractivity contribution in [3.05, 3.63) is 29.2 Å². The zero-order valence-electron chi connectivity index (χ0n) is 16.5. The van der Waals surface area contributed by atoms with Crippen LogP contribution in [-0.4, -0.2) is 55.0 Å². The molecular formula is C19H24Cl2FN3O4Pd. The summed E-state index contributed by atoms with van der Waals surface area (Å²) in [5.74, 6) is -1.37. The van der Waals surface area contributed by atoms with Crippen molar-refractivity contribution in [1.82, 2.24) is 5.32 Å². The van der Waals surface area contributed by atoms with Gasteiger partial charge in [0.15, 0.2) is 11.6 Å². The number of carboxylic acids is 1. The van der Waals surface area contributed by atoms with Crippen LogP contribution in [0.5, 0.6) is 5.75 Å². The Hall–Kier alpha value is -1.08. The second-order valence-corrected chi connectivity index (χ2v) is 9.82. The van der Waals surface area contributed by atoms with Gasteiger partial charge < -0.3 is 30.1 Å². The van der Waals surface area contributed by atoms with Crippen LogP contribution >= 0.6 is 19.1 Å². The first-order chi connectivity index (χ1) is 14.3. The Bertz CT molecular complexity index is 840. The topological polar surface area (TPSA) is 85.3 Å². The van der Waals surface area contributed by atoms with E-state index >= 15 is 4.39 Å². The zero-order chi connectivity index (χ0) is 22.0. The van der Waals surface area contributed by atoms with Crippen molar-refractivity contribution in [2.24, 2.45) is 0 Å². The summed E-state index contributed by atoms with van der Waals surface area (Å²) in [7, 11) is 11.1. The van der Waals surface area contributed by atoms with E-state index in [1.807, 2.05) is 16.7 Å². The van der Waals surface area contributed by atoms with Gasteiger partial charge in [-0.05, 0) is 25.8 Å². The van der Waals surface area contributed by atoms with Gasteiger partial charge in [0.1, 0.15) is 11.8 Å². The number of rotatable bonds is 4. The van der Waals surface area contributed by atoms with Crippen LogP contribution in [0.2, 0.25) is 0 Å². The molecular weight excluding hydrogens is 531 g/mol. The van der Waals surface area contributed by atoms with Gasteiger partial charge in [0.05, 0.1) is 18.4 Å². The Morgan fingerprint density at radius 2 is 2.03 bits per heavy atom. The van der Waals surface area contributed by atoms with E-state index in [9.17, 15) is 15.0 Å². The molecule has 170 valence electrons. The third-order valence-corrected chi connectivity index (χ3v) is 5.41. The molecule has 2 fully saturated rings. The van der Waals surface area contributed by atoms with Crippen LogP contribution in [-0.2, 0) is 20.7 Å². The van der Waals surface area contributed by atoms with E-state index in [0.717, 1.165) is 19.4 Å². The molecule has 2 heterocycles. The molecule has 2 atom stereocenters. The summed E-state index contributed by atoms with van der Waals surface area (Å²) < 4.78 is 20.8. The third-order valence-electron chi connectivity index (χ3n) is 5.41. The summed E-state index contributed by atoms with van der Waals surface area (Å²) in [6.45, 7) is 4.04. The molecule has 3 N–H and O–H groups in total. The normalized spacial score (nSPS) is 23.3. The number of aliphatic hydroxyl groups is 1. The van der Waals surface area contributed by atoms with Crippen molar-refractivity contribution in [1.29, 1.82) is 0 Å². The summed E-state index contributed by atoms with van der Waals surface area (Å²) >= 11 is -0.106. The zero-order valence-corrected chi connectivity index (χ0v) is 19.5. The number of halogens is 3. The number of nitrogens with one attached hydrogen (secondary N) is 1. The Labute approximate surface area is 190 Å². The van der Waals surface area contributed by atoms with E-state index in [1.165, 1.54) is 19.4 Å². The fourth-order valence-electron chi connectivity index (χ4n) is 3.99. The second-order valence-electron chi connectivity index (χ2n) is 7.46. The van der Waals surface area contributed by atoms with E-state index in [1.54, 1.807) is 0 Å². The van der Waals surface area contributed by atoms with Gasteiger partial charge in [0.25, 0.3) is 0 Å². The molecule has 0 spiro atoms. The maximum absolute atomic E-state index is 15.1. The molecule has 30 heavy (non-hydrogen) atoms. The van der Waals surface area contributed by atoms with Gasteiger partial charge in [-0.2, -0.15) is 0 Å². The second kappa shape index (κ2) is 10.0. The summed E-state index contributed by atoms with van der Waals surface area (Å²) in [4.78, 5) is 15.3. The summed E-state index contributed by atoms with van der Waals surface area (Å²) in [5.41, 5.74) is 1.03. The van der Waals surface area contributed by atoms with Crippen molar-refractivity contribution >= 4 is 36.4 Å². The number of carbonyl (C=O) groups is 1. The number of hydrogen-bond donors (Lipinski definition) is 3. The molecule has 1 saturated heterocycles. The van der Waals surface area contributed by atoms with Gasteiger partial charge >= 0.3 is 41.0 Å². The van der Waals surface area contributed by atoms with Gasteiger partial charge in [0, 0.05) is 43.5 Å². The Balaban J connectivity index is 0.000000806. The van der Waals surface area contributed by atoms with Gasteiger partial charge in [-0.25, -0.2) is 9.18 Å². The van der Waals surface area contributed by atoms with Crippen LogP contribution < -0.4 is 19.9 Å². The van der Waals surface area contributed by atoms with E-state index in [2.05, 4.69) is 5.32 Å². The standard InChI is InChI=1S/C19H24FN3O4.2ClH.Pd/c1-10-8-22(6-5-21-10)16-14(20)7-12-15(18(16)27-2)23(11-3-4-11)9-13(17(12)24)19(25)26;;;/h7,9-11,17,21,24H,3-6,8H2,1-2H3,(H,25,26);2*1H;/q;;;+2/p-2. The predicted molar refractivity (Wildman–Crippen MR) is 111 cm³/mol. The van der Waals surface area contributed by atoms with Gasteiger partial charge in [-0.3, -0.25) is 0 Å². The van der Waals surface area contributed by atoms with Crippen molar-refractivity contribution in [3.63, 3.8) is 0 Å². The fourth-order valence-corrected chi connectivity index (χ4v) is 3.99. The molecule has 11 heteroatoms. The first-order valence-corrected chi connectivity index (χ1v) is 13.5. The van der Waals surface area contributed by atoms with Crippen LogP contribution in [0.1, 0.15) is 31.4 Å². The first-order valence-electron chi connectivity index (χ1n) is 9.46. The molecule has 0 bridgehead atoms. The molecule has 7 nitrogen and oxygen atoms in total. The number of carboxylic acid groups (broad SMARTS) is 1. The molecule has 1 aromatic carbocycles. The number of nitrogens with zero attached hydrogens (tertiary/aromatic N) is 2. The van der Waals surface area contributed by atoms with Crippen LogP contribution in [0.25, 0.3) is 0 Å². The summed E-state index contributed by atoms with van der Waals surface area (Å²) in [6, 6.07) is 1.61. The summed E-state index contributed by atoms with van der Waals surface area (Å²) in [6.07, 6.45) is 1.91. The van der Waals surface area contributed by atoms with Crippen LogP contribution in [0.4, 0.5) is 15.8 Å². The predicted octanol–water partition coefficient (Wildman–Crippen LogP) is 2.99. The van der Waals surface area contributed by atoms with E-state index in [4.69, 9.17) is 23.8 Å². The number of hydrogen-bond acceptors (Lipinski definition) is 6. The molecule has 1 saturated carbocycles. The van der Waals surface area contributed by atoms with E-state index in [-0.39, 0.29) is 39.2 Å². The van der Waals surface area contributed by atoms with Crippen LogP contribution in [0, 0.1) is 5.82 Å². The molecule has 3 aliphatic rings. The van der Waals surface area contributed by atoms with Gasteiger partial charge in [0.2, 0.25) is 0 Å². The monoisotopic (exact) mass is 553 g/mol. The SMILES string of the molecule is COc1c(N2CCNC(C)C2)c(F)cc2c1N(C1CC1)C=C(C(=O)O)C2O.[Cl][Pd][Cl]. The first kappa shape index (κ1) is 23.6. The third kappa shape index (κ3) is 4.72.